The third-order valence-corrected chi connectivity index (χ3v) is 3.91. The van der Waals surface area contributed by atoms with E-state index in [2.05, 4.69) is 14.7 Å². The van der Waals surface area contributed by atoms with Gasteiger partial charge in [-0.15, -0.1) is 0 Å². The van der Waals surface area contributed by atoms with Crippen molar-refractivity contribution >= 4 is 11.8 Å². The van der Waals surface area contributed by atoms with E-state index in [1.165, 1.54) is 6.39 Å². The fraction of sp³-hybridized carbons (Fsp3) is 0.667. The summed E-state index contributed by atoms with van der Waals surface area (Å²) in [6.45, 7) is 2.94. The molecule has 2 aliphatic rings. The highest BCUT2D eigenvalue weighted by molar-refractivity contribution is 5.97. The zero-order chi connectivity index (χ0) is 13.4. The number of rotatable bonds is 3. The largest absolute Gasteiger partial charge is 0.343 e. The van der Waals surface area contributed by atoms with Crippen LogP contribution in [0, 0.1) is 0 Å². The molecule has 0 bridgehead atoms. The lowest BCUT2D eigenvalue weighted by Crippen LogP contribution is -2.62. The number of aromatic nitrogens is 2. The van der Waals surface area contributed by atoms with Crippen molar-refractivity contribution < 1.29 is 14.1 Å². The van der Waals surface area contributed by atoms with Gasteiger partial charge in [-0.05, 0) is 19.8 Å². The molecule has 2 aliphatic heterocycles. The molecule has 2 atom stereocenters. The first-order valence-electron chi connectivity index (χ1n) is 6.54. The summed E-state index contributed by atoms with van der Waals surface area (Å²) in [5.41, 5.74) is 0. The Hall–Kier alpha value is -1.92. The first kappa shape index (κ1) is 12.1. The molecule has 0 radical (unpaired) electrons. The third-order valence-electron chi connectivity index (χ3n) is 3.91. The van der Waals surface area contributed by atoms with Crippen molar-refractivity contribution in [3.8, 4) is 0 Å². The Bertz CT molecular complexity index is 487. The van der Waals surface area contributed by atoms with Gasteiger partial charge in [0.2, 0.25) is 18.2 Å². The summed E-state index contributed by atoms with van der Waals surface area (Å²) in [6, 6.07) is -0.650. The molecule has 0 N–H and O–H groups in total. The predicted molar refractivity (Wildman–Crippen MR) is 63.9 cm³/mol. The van der Waals surface area contributed by atoms with Gasteiger partial charge in [0, 0.05) is 19.5 Å². The van der Waals surface area contributed by atoms with E-state index < -0.39 is 6.04 Å². The second-order valence-corrected chi connectivity index (χ2v) is 4.99. The van der Waals surface area contributed by atoms with Crippen LogP contribution >= 0.6 is 0 Å². The van der Waals surface area contributed by atoms with Gasteiger partial charge in [-0.25, -0.2) is 0 Å². The van der Waals surface area contributed by atoms with Crippen LogP contribution in [0.15, 0.2) is 10.9 Å². The Balaban J connectivity index is 1.72. The average molecular weight is 264 g/mol. The summed E-state index contributed by atoms with van der Waals surface area (Å²) in [5.74, 6) is 0.657. The molecule has 0 aromatic carbocycles. The Morgan fingerprint density at radius 2 is 2.26 bits per heavy atom. The van der Waals surface area contributed by atoms with Crippen molar-refractivity contribution in [1.82, 2.24) is 19.9 Å². The van der Waals surface area contributed by atoms with Gasteiger partial charge in [0.1, 0.15) is 12.1 Å². The number of hydrogen-bond donors (Lipinski definition) is 0. The Labute approximate surface area is 110 Å². The van der Waals surface area contributed by atoms with Gasteiger partial charge in [0.25, 0.3) is 0 Å². The molecule has 7 nitrogen and oxygen atoms in total. The van der Waals surface area contributed by atoms with Crippen LogP contribution in [0.3, 0.4) is 0 Å². The summed E-state index contributed by atoms with van der Waals surface area (Å²) in [4.78, 5) is 31.9. The third kappa shape index (κ3) is 1.98. The van der Waals surface area contributed by atoms with Crippen LogP contribution in [0.2, 0.25) is 0 Å². The fourth-order valence-corrected chi connectivity index (χ4v) is 2.87. The summed E-state index contributed by atoms with van der Waals surface area (Å²) < 4.78 is 4.66. The molecule has 3 heterocycles. The number of piperazine rings is 1. The Kier molecular flexibility index (Phi) is 2.96. The second-order valence-electron chi connectivity index (χ2n) is 4.99. The number of carbonyl (C=O) groups is 2. The molecule has 7 heteroatoms. The second kappa shape index (κ2) is 4.64. The minimum atomic E-state index is -0.395. The quantitative estimate of drug-likeness (QED) is 0.757. The Morgan fingerprint density at radius 3 is 3.00 bits per heavy atom. The van der Waals surface area contributed by atoms with E-state index in [-0.39, 0.29) is 17.9 Å². The molecule has 2 saturated heterocycles. The summed E-state index contributed by atoms with van der Waals surface area (Å²) in [5, 5.41) is 3.72. The summed E-state index contributed by atoms with van der Waals surface area (Å²) >= 11 is 0. The number of fused-ring (bicyclic) bond motifs is 1. The monoisotopic (exact) mass is 264 g/mol. The van der Waals surface area contributed by atoms with Crippen LogP contribution in [0.4, 0.5) is 0 Å². The van der Waals surface area contributed by atoms with Gasteiger partial charge < -0.3 is 14.3 Å². The van der Waals surface area contributed by atoms with Crippen molar-refractivity contribution in [3.05, 3.63) is 12.2 Å². The van der Waals surface area contributed by atoms with E-state index in [1.54, 1.807) is 16.7 Å². The molecule has 102 valence electrons. The lowest BCUT2D eigenvalue weighted by molar-refractivity contribution is -0.158. The van der Waals surface area contributed by atoms with Gasteiger partial charge in [0.05, 0.1) is 0 Å². The SMILES string of the molecule is CC1C(=O)N2CCCC2C(=O)N1CCc1ncon1. The minimum Gasteiger partial charge on any atom is -0.343 e. The van der Waals surface area contributed by atoms with E-state index in [1.807, 2.05) is 0 Å². The minimum absolute atomic E-state index is 0.0492. The van der Waals surface area contributed by atoms with Crippen molar-refractivity contribution in [3.63, 3.8) is 0 Å². The van der Waals surface area contributed by atoms with Gasteiger partial charge in [0.15, 0.2) is 5.82 Å². The molecule has 1 aromatic rings. The molecule has 0 spiro atoms. The van der Waals surface area contributed by atoms with Gasteiger partial charge >= 0.3 is 0 Å². The number of nitrogens with zero attached hydrogens (tertiary/aromatic N) is 4. The maximum Gasteiger partial charge on any atom is 0.246 e. The van der Waals surface area contributed by atoms with Crippen molar-refractivity contribution in [2.45, 2.75) is 38.3 Å². The molecule has 2 unspecified atom stereocenters. The highest BCUT2D eigenvalue weighted by Crippen LogP contribution is 2.26. The number of amides is 2. The normalized spacial score (nSPS) is 27.0. The van der Waals surface area contributed by atoms with E-state index in [0.29, 0.717) is 25.3 Å². The smallest absolute Gasteiger partial charge is 0.246 e. The van der Waals surface area contributed by atoms with Crippen LogP contribution in [0.5, 0.6) is 0 Å². The zero-order valence-electron chi connectivity index (χ0n) is 10.8. The van der Waals surface area contributed by atoms with Crippen LogP contribution in [0.25, 0.3) is 0 Å². The van der Waals surface area contributed by atoms with E-state index in [4.69, 9.17) is 0 Å². The highest BCUT2D eigenvalue weighted by atomic mass is 16.5. The molecule has 3 rings (SSSR count). The maximum absolute atomic E-state index is 12.4. The topological polar surface area (TPSA) is 79.5 Å². The Morgan fingerprint density at radius 1 is 1.42 bits per heavy atom. The predicted octanol–water partition coefficient (Wildman–Crippen LogP) is -0.166. The van der Waals surface area contributed by atoms with Gasteiger partial charge in [-0.2, -0.15) is 4.98 Å². The average Bonchev–Trinajstić information content (AvgIpc) is 3.07. The molecular formula is C12H16N4O3. The van der Waals surface area contributed by atoms with Crippen LogP contribution in [-0.4, -0.2) is 56.9 Å². The fourth-order valence-electron chi connectivity index (χ4n) is 2.87. The van der Waals surface area contributed by atoms with Crippen molar-refractivity contribution in [2.24, 2.45) is 0 Å². The lowest BCUT2D eigenvalue weighted by Gasteiger charge is -2.40. The maximum atomic E-state index is 12.4. The van der Waals surface area contributed by atoms with Crippen LogP contribution in [0.1, 0.15) is 25.6 Å². The first-order chi connectivity index (χ1) is 9.18. The van der Waals surface area contributed by atoms with Crippen LogP contribution < -0.4 is 0 Å². The highest BCUT2D eigenvalue weighted by Gasteiger charge is 2.45. The molecule has 1 aromatic heterocycles. The van der Waals surface area contributed by atoms with Crippen molar-refractivity contribution in [2.75, 3.05) is 13.1 Å². The van der Waals surface area contributed by atoms with Gasteiger partial charge in [-0.1, -0.05) is 5.16 Å². The van der Waals surface area contributed by atoms with Crippen LogP contribution in [-0.2, 0) is 16.0 Å². The van der Waals surface area contributed by atoms with E-state index >= 15 is 0 Å². The molecule has 2 amide bonds. The molecule has 0 aliphatic carbocycles. The lowest BCUT2D eigenvalue weighted by atomic mass is 10.1. The molecule has 19 heavy (non-hydrogen) atoms. The molecular weight excluding hydrogens is 248 g/mol. The number of carbonyl (C=O) groups excluding carboxylic acids is 2. The standard InChI is InChI=1S/C12H16N4O3/c1-8-11(17)16-5-2-3-9(16)12(18)15(8)6-4-10-13-7-19-14-10/h7-9H,2-6H2,1H3. The van der Waals surface area contributed by atoms with E-state index in [9.17, 15) is 9.59 Å². The number of hydrogen-bond acceptors (Lipinski definition) is 5. The first-order valence-corrected chi connectivity index (χ1v) is 6.54. The van der Waals surface area contributed by atoms with E-state index in [0.717, 1.165) is 12.8 Å². The summed E-state index contributed by atoms with van der Waals surface area (Å²) in [6.07, 6.45) is 3.46. The zero-order valence-corrected chi connectivity index (χ0v) is 10.8. The summed E-state index contributed by atoms with van der Waals surface area (Å²) in [7, 11) is 0. The van der Waals surface area contributed by atoms with Crippen molar-refractivity contribution in [1.29, 1.82) is 0 Å². The molecule has 2 fully saturated rings. The molecule has 0 saturated carbocycles. The van der Waals surface area contributed by atoms with Gasteiger partial charge in [-0.3, -0.25) is 9.59 Å².